The molecule has 0 atom stereocenters. The number of hydrogen-bond donors (Lipinski definition) is 1. The zero-order chi connectivity index (χ0) is 13.2. The van der Waals surface area contributed by atoms with Crippen molar-refractivity contribution in [3.05, 3.63) is 65.9 Å². The van der Waals surface area contributed by atoms with Crippen LogP contribution in [-0.2, 0) is 0 Å². The lowest BCUT2D eigenvalue weighted by Gasteiger charge is -2.04. The second-order valence-electron chi connectivity index (χ2n) is 4.21. The summed E-state index contributed by atoms with van der Waals surface area (Å²) in [5.41, 5.74) is 9.43. The van der Waals surface area contributed by atoms with Gasteiger partial charge in [-0.05, 0) is 18.2 Å². The van der Waals surface area contributed by atoms with Gasteiger partial charge in [-0.3, -0.25) is 0 Å². The van der Waals surface area contributed by atoms with Crippen molar-refractivity contribution in [3.8, 4) is 16.8 Å². The molecule has 0 aliphatic heterocycles. The first-order valence-corrected chi connectivity index (χ1v) is 6.28. The summed E-state index contributed by atoms with van der Waals surface area (Å²) < 4.78 is 1.76. The average Bonchev–Trinajstić information content (AvgIpc) is 2.89. The molecule has 1 heterocycles. The van der Waals surface area contributed by atoms with E-state index in [9.17, 15) is 0 Å². The first-order chi connectivity index (χ1) is 9.25. The number of rotatable bonds is 2. The van der Waals surface area contributed by atoms with Gasteiger partial charge < -0.3 is 5.73 Å². The second kappa shape index (κ2) is 4.78. The first-order valence-electron chi connectivity index (χ1n) is 5.90. The van der Waals surface area contributed by atoms with E-state index in [1.807, 2.05) is 54.7 Å². The molecule has 19 heavy (non-hydrogen) atoms. The van der Waals surface area contributed by atoms with Crippen molar-refractivity contribution in [2.75, 3.05) is 5.73 Å². The van der Waals surface area contributed by atoms with E-state index in [0.29, 0.717) is 10.7 Å². The SMILES string of the molecule is Nc1ccccc1-n1cc(-c2ccccc2Cl)cn1. The Morgan fingerprint density at radius 2 is 1.74 bits per heavy atom. The predicted molar refractivity (Wildman–Crippen MR) is 78.4 cm³/mol. The average molecular weight is 270 g/mol. The van der Waals surface area contributed by atoms with Gasteiger partial charge in [0.05, 0.1) is 17.6 Å². The molecule has 0 spiro atoms. The van der Waals surface area contributed by atoms with Gasteiger partial charge in [-0.1, -0.05) is 41.9 Å². The van der Waals surface area contributed by atoms with E-state index in [-0.39, 0.29) is 0 Å². The van der Waals surface area contributed by atoms with Crippen LogP contribution < -0.4 is 5.73 Å². The maximum atomic E-state index is 6.18. The molecule has 0 bridgehead atoms. The number of benzene rings is 2. The van der Waals surface area contributed by atoms with Crippen molar-refractivity contribution >= 4 is 17.3 Å². The third-order valence-electron chi connectivity index (χ3n) is 2.95. The van der Waals surface area contributed by atoms with E-state index < -0.39 is 0 Å². The Hall–Kier alpha value is -2.26. The highest BCUT2D eigenvalue weighted by atomic mass is 35.5. The molecule has 0 aliphatic rings. The molecule has 0 saturated heterocycles. The van der Waals surface area contributed by atoms with E-state index in [1.54, 1.807) is 10.9 Å². The lowest BCUT2D eigenvalue weighted by Crippen LogP contribution is -1.99. The molecular weight excluding hydrogens is 258 g/mol. The van der Waals surface area contributed by atoms with Crippen molar-refractivity contribution < 1.29 is 0 Å². The van der Waals surface area contributed by atoms with Crippen molar-refractivity contribution in [1.29, 1.82) is 0 Å². The summed E-state index contributed by atoms with van der Waals surface area (Å²) in [5, 5.41) is 5.05. The van der Waals surface area contributed by atoms with Crippen molar-refractivity contribution in [2.24, 2.45) is 0 Å². The van der Waals surface area contributed by atoms with E-state index in [4.69, 9.17) is 17.3 Å². The Bertz CT molecular complexity index is 659. The Kier molecular flexibility index (Phi) is 2.97. The Morgan fingerprint density at radius 3 is 2.53 bits per heavy atom. The van der Waals surface area contributed by atoms with Gasteiger partial charge in [0.25, 0.3) is 0 Å². The summed E-state index contributed by atoms with van der Waals surface area (Å²) in [7, 11) is 0. The molecule has 0 amide bonds. The molecule has 3 rings (SSSR count). The quantitative estimate of drug-likeness (QED) is 0.720. The maximum absolute atomic E-state index is 6.18. The zero-order valence-corrected chi connectivity index (χ0v) is 10.9. The number of nitrogens with two attached hydrogens (primary N) is 1. The molecule has 94 valence electrons. The zero-order valence-electron chi connectivity index (χ0n) is 10.1. The lowest BCUT2D eigenvalue weighted by molar-refractivity contribution is 0.883. The van der Waals surface area contributed by atoms with Gasteiger partial charge in [-0.2, -0.15) is 5.10 Å². The van der Waals surface area contributed by atoms with Crippen LogP contribution in [0.25, 0.3) is 16.8 Å². The van der Waals surface area contributed by atoms with Gasteiger partial charge in [-0.25, -0.2) is 4.68 Å². The standard InChI is InChI=1S/C15H12ClN3/c16-13-6-2-1-5-12(13)11-9-18-19(10-11)15-8-4-3-7-14(15)17/h1-10H,17H2. The fourth-order valence-corrected chi connectivity index (χ4v) is 2.23. The number of anilines is 1. The summed E-state index contributed by atoms with van der Waals surface area (Å²) in [6, 6.07) is 15.3. The van der Waals surface area contributed by atoms with Crippen LogP contribution in [-0.4, -0.2) is 9.78 Å². The molecule has 4 heteroatoms. The van der Waals surface area contributed by atoms with Gasteiger partial charge in [0.15, 0.2) is 0 Å². The van der Waals surface area contributed by atoms with E-state index in [0.717, 1.165) is 16.8 Å². The molecular formula is C15H12ClN3. The van der Waals surface area contributed by atoms with Gasteiger partial charge in [0, 0.05) is 22.3 Å². The van der Waals surface area contributed by atoms with E-state index in [1.165, 1.54) is 0 Å². The first kappa shape index (κ1) is 11.8. The van der Waals surface area contributed by atoms with Crippen LogP contribution in [0.4, 0.5) is 5.69 Å². The third kappa shape index (κ3) is 2.20. The third-order valence-corrected chi connectivity index (χ3v) is 3.28. The summed E-state index contributed by atoms with van der Waals surface area (Å²) in [4.78, 5) is 0. The molecule has 0 saturated carbocycles. The Morgan fingerprint density at radius 1 is 1.00 bits per heavy atom. The molecule has 2 aromatic carbocycles. The topological polar surface area (TPSA) is 43.8 Å². The summed E-state index contributed by atoms with van der Waals surface area (Å²) in [6.07, 6.45) is 3.71. The fourth-order valence-electron chi connectivity index (χ4n) is 1.99. The summed E-state index contributed by atoms with van der Waals surface area (Å²) in [6.45, 7) is 0. The van der Waals surface area contributed by atoms with Gasteiger partial charge in [-0.15, -0.1) is 0 Å². The van der Waals surface area contributed by atoms with Crippen molar-refractivity contribution in [2.45, 2.75) is 0 Å². The Balaban J connectivity index is 2.06. The lowest BCUT2D eigenvalue weighted by atomic mass is 10.1. The van der Waals surface area contributed by atoms with Crippen LogP contribution in [0.5, 0.6) is 0 Å². The van der Waals surface area contributed by atoms with Crippen molar-refractivity contribution in [3.63, 3.8) is 0 Å². The Labute approximate surface area is 116 Å². The van der Waals surface area contributed by atoms with E-state index in [2.05, 4.69) is 5.10 Å². The number of nitrogens with zero attached hydrogens (tertiary/aromatic N) is 2. The second-order valence-corrected chi connectivity index (χ2v) is 4.62. The normalized spacial score (nSPS) is 10.6. The van der Waals surface area contributed by atoms with Crippen LogP contribution in [0.15, 0.2) is 60.9 Å². The van der Waals surface area contributed by atoms with Crippen LogP contribution in [0.3, 0.4) is 0 Å². The molecule has 3 nitrogen and oxygen atoms in total. The fraction of sp³-hybridized carbons (Fsp3) is 0. The number of para-hydroxylation sites is 2. The molecule has 0 fully saturated rings. The van der Waals surface area contributed by atoms with Gasteiger partial charge in [0.1, 0.15) is 0 Å². The van der Waals surface area contributed by atoms with Gasteiger partial charge in [0.2, 0.25) is 0 Å². The highest BCUT2D eigenvalue weighted by Gasteiger charge is 2.07. The van der Waals surface area contributed by atoms with Crippen LogP contribution in [0, 0.1) is 0 Å². The summed E-state index contributed by atoms with van der Waals surface area (Å²) in [5.74, 6) is 0. The highest BCUT2D eigenvalue weighted by molar-refractivity contribution is 6.33. The minimum Gasteiger partial charge on any atom is -0.397 e. The predicted octanol–water partition coefficient (Wildman–Crippen LogP) is 3.77. The summed E-state index contributed by atoms with van der Waals surface area (Å²) >= 11 is 6.18. The molecule has 0 aliphatic carbocycles. The number of halogens is 1. The number of nitrogen functional groups attached to an aromatic ring is 1. The number of hydrogen-bond acceptors (Lipinski definition) is 2. The largest absolute Gasteiger partial charge is 0.397 e. The molecule has 0 radical (unpaired) electrons. The number of aromatic nitrogens is 2. The van der Waals surface area contributed by atoms with Crippen LogP contribution >= 0.6 is 11.6 Å². The molecule has 3 aromatic rings. The van der Waals surface area contributed by atoms with Crippen LogP contribution in [0.1, 0.15) is 0 Å². The van der Waals surface area contributed by atoms with E-state index >= 15 is 0 Å². The molecule has 2 N–H and O–H groups in total. The molecule has 1 aromatic heterocycles. The highest BCUT2D eigenvalue weighted by Crippen LogP contribution is 2.28. The minimum absolute atomic E-state index is 0.691. The van der Waals surface area contributed by atoms with Crippen LogP contribution in [0.2, 0.25) is 5.02 Å². The monoisotopic (exact) mass is 269 g/mol. The smallest absolute Gasteiger partial charge is 0.0875 e. The minimum atomic E-state index is 0.691. The van der Waals surface area contributed by atoms with Crippen molar-refractivity contribution in [1.82, 2.24) is 9.78 Å². The molecule has 0 unspecified atom stereocenters. The van der Waals surface area contributed by atoms with Gasteiger partial charge >= 0.3 is 0 Å². The maximum Gasteiger partial charge on any atom is 0.0875 e.